The number of aryl methyl sites for hydroxylation is 2. The molecular formula is C12H20N2O6S2. The molecule has 0 aliphatic heterocycles. The molecule has 4 N–H and O–H groups in total. The van der Waals surface area contributed by atoms with Gasteiger partial charge < -0.3 is 10.2 Å². The van der Waals surface area contributed by atoms with Crippen molar-refractivity contribution in [2.45, 2.75) is 23.6 Å². The summed E-state index contributed by atoms with van der Waals surface area (Å²) in [5.74, 6) is 0. The van der Waals surface area contributed by atoms with Crippen molar-refractivity contribution in [3.63, 3.8) is 0 Å². The van der Waals surface area contributed by atoms with E-state index in [4.69, 9.17) is 10.2 Å². The smallest absolute Gasteiger partial charge is 0.240 e. The lowest BCUT2D eigenvalue weighted by Gasteiger charge is -2.14. The van der Waals surface area contributed by atoms with E-state index in [2.05, 4.69) is 9.44 Å². The van der Waals surface area contributed by atoms with Crippen molar-refractivity contribution < 1.29 is 27.0 Å². The standard InChI is InChI=1S/C12H20N2O6S2/c1-9-7-10(2)12(22(19,20)14-4-6-16)8-11(9)21(17,18)13-3-5-15/h7-8,13-16H,3-6H2,1-2H3. The van der Waals surface area contributed by atoms with Crippen LogP contribution in [0.1, 0.15) is 11.1 Å². The van der Waals surface area contributed by atoms with Crippen LogP contribution in [0.15, 0.2) is 21.9 Å². The first kappa shape index (κ1) is 19.0. The molecular weight excluding hydrogens is 332 g/mol. The molecule has 1 rings (SSSR count). The second kappa shape index (κ2) is 7.49. The van der Waals surface area contributed by atoms with Gasteiger partial charge in [-0.3, -0.25) is 0 Å². The molecule has 0 saturated carbocycles. The highest BCUT2D eigenvalue weighted by Gasteiger charge is 2.23. The highest BCUT2D eigenvalue weighted by atomic mass is 32.2. The molecule has 0 spiro atoms. The van der Waals surface area contributed by atoms with Crippen LogP contribution in [0.4, 0.5) is 0 Å². The molecule has 126 valence electrons. The summed E-state index contributed by atoms with van der Waals surface area (Å²) in [7, 11) is -7.85. The molecule has 1 aromatic rings. The molecule has 0 aromatic heterocycles. The Morgan fingerprint density at radius 3 is 1.50 bits per heavy atom. The largest absolute Gasteiger partial charge is 0.395 e. The van der Waals surface area contributed by atoms with Crippen LogP contribution in [0.25, 0.3) is 0 Å². The van der Waals surface area contributed by atoms with E-state index in [1.165, 1.54) is 6.07 Å². The molecule has 0 saturated heterocycles. The Labute approximate surface area is 130 Å². The summed E-state index contributed by atoms with van der Waals surface area (Å²) in [6, 6.07) is 2.53. The van der Waals surface area contributed by atoms with E-state index >= 15 is 0 Å². The van der Waals surface area contributed by atoms with Crippen LogP contribution < -0.4 is 9.44 Å². The fraction of sp³-hybridized carbons (Fsp3) is 0.500. The van der Waals surface area contributed by atoms with E-state index in [9.17, 15) is 16.8 Å². The average Bonchev–Trinajstić information content (AvgIpc) is 2.42. The van der Waals surface area contributed by atoms with Crippen molar-refractivity contribution in [2.75, 3.05) is 26.3 Å². The summed E-state index contributed by atoms with van der Waals surface area (Å²) in [5, 5.41) is 17.4. The number of hydrogen-bond donors (Lipinski definition) is 4. The van der Waals surface area contributed by atoms with Gasteiger partial charge in [0, 0.05) is 13.1 Å². The first-order valence-electron chi connectivity index (χ1n) is 6.48. The summed E-state index contributed by atoms with van der Waals surface area (Å²) in [6.07, 6.45) is 0. The van der Waals surface area contributed by atoms with Crippen LogP contribution in [0.5, 0.6) is 0 Å². The molecule has 0 aliphatic rings. The van der Waals surface area contributed by atoms with Gasteiger partial charge in [0.25, 0.3) is 0 Å². The number of nitrogens with one attached hydrogen (secondary N) is 2. The van der Waals surface area contributed by atoms with E-state index in [-0.39, 0.29) is 36.1 Å². The molecule has 8 nitrogen and oxygen atoms in total. The van der Waals surface area contributed by atoms with E-state index in [1.807, 2.05) is 0 Å². The summed E-state index contributed by atoms with van der Waals surface area (Å²) in [6.45, 7) is 2.04. The third kappa shape index (κ3) is 4.48. The van der Waals surface area contributed by atoms with Crippen LogP contribution in [0, 0.1) is 13.8 Å². The number of hydrogen-bond acceptors (Lipinski definition) is 6. The van der Waals surface area contributed by atoms with Gasteiger partial charge in [-0.1, -0.05) is 6.07 Å². The van der Waals surface area contributed by atoms with Gasteiger partial charge in [-0.25, -0.2) is 26.3 Å². The normalized spacial score (nSPS) is 12.5. The van der Waals surface area contributed by atoms with Crippen LogP contribution in [-0.2, 0) is 20.0 Å². The number of sulfonamides is 2. The fourth-order valence-electron chi connectivity index (χ4n) is 1.91. The van der Waals surface area contributed by atoms with Gasteiger partial charge in [-0.15, -0.1) is 0 Å². The average molecular weight is 352 g/mol. The Kier molecular flexibility index (Phi) is 6.47. The highest BCUT2D eigenvalue weighted by Crippen LogP contribution is 2.23. The molecule has 0 aliphatic carbocycles. The van der Waals surface area contributed by atoms with E-state index < -0.39 is 20.0 Å². The Morgan fingerprint density at radius 1 is 0.818 bits per heavy atom. The minimum Gasteiger partial charge on any atom is -0.395 e. The maximum atomic E-state index is 12.1. The van der Waals surface area contributed by atoms with Gasteiger partial charge in [0.2, 0.25) is 20.0 Å². The molecule has 0 atom stereocenters. The van der Waals surface area contributed by atoms with Gasteiger partial charge in [0.1, 0.15) is 0 Å². The minimum atomic E-state index is -3.92. The Balaban J connectivity index is 3.37. The van der Waals surface area contributed by atoms with E-state index in [0.29, 0.717) is 11.1 Å². The van der Waals surface area contributed by atoms with Crippen LogP contribution >= 0.6 is 0 Å². The fourth-order valence-corrected chi connectivity index (χ4v) is 4.53. The lowest BCUT2D eigenvalue weighted by Crippen LogP contribution is -2.29. The molecule has 0 bridgehead atoms. The van der Waals surface area contributed by atoms with Crippen LogP contribution in [-0.4, -0.2) is 53.4 Å². The summed E-state index contributed by atoms with van der Waals surface area (Å²) in [5.41, 5.74) is 0.785. The quantitative estimate of drug-likeness (QED) is 0.467. The van der Waals surface area contributed by atoms with Gasteiger partial charge in [-0.05, 0) is 31.0 Å². The van der Waals surface area contributed by atoms with Gasteiger partial charge in [-0.2, -0.15) is 0 Å². The number of benzene rings is 1. The second-order valence-electron chi connectivity index (χ2n) is 4.63. The third-order valence-corrected chi connectivity index (χ3v) is 6.07. The molecule has 0 radical (unpaired) electrons. The lowest BCUT2D eigenvalue weighted by atomic mass is 10.2. The summed E-state index contributed by atoms with van der Waals surface area (Å²) < 4.78 is 52.9. The minimum absolute atomic E-state index is 0.166. The predicted molar refractivity (Wildman–Crippen MR) is 80.5 cm³/mol. The molecule has 1 aromatic carbocycles. The zero-order valence-corrected chi connectivity index (χ0v) is 14.0. The zero-order chi connectivity index (χ0) is 17.0. The SMILES string of the molecule is Cc1cc(C)c(S(=O)(=O)NCCO)cc1S(=O)(=O)NCCO. The third-order valence-electron chi connectivity index (χ3n) is 2.86. The first-order valence-corrected chi connectivity index (χ1v) is 9.44. The van der Waals surface area contributed by atoms with Crippen molar-refractivity contribution in [3.8, 4) is 0 Å². The van der Waals surface area contributed by atoms with Crippen LogP contribution in [0.2, 0.25) is 0 Å². The maximum Gasteiger partial charge on any atom is 0.240 e. The van der Waals surface area contributed by atoms with Crippen molar-refractivity contribution >= 4 is 20.0 Å². The zero-order valence-electron chi connectivity index (χ0n) is 12.3. The van der Waals surface area contributed by atoms with Crippen molar-refractivity contribution in [1.82, 2.24) is 9.44 Å². The number of aliphatic hydroxyl groups is 2. The Hall–Kier alpha value is -1.04. The topological polar surface area (TPSA) is 133 Å². The Morgan fingerprint density at radius 2 is 1.18 bits per heavy atom. The van der Waals surface area contributed by atoms with Crippen molar-refractivity contribution in [3.05, 3.63) is 23.3 Å². The monoisotopic (exact) mass is 352 g/mol. The molecule has 22 heavy (non-hydrogen) atoms. The van der Waals surface area contributed by atoms with Crippen molar-refractivity contribution in [2.24, 2.45) is 0 Å². The second-order valence-corrected chi connectivity index (χ2v) is 8.10. The molecule has 0 amide bonds. The molecule has 0 fully saturated rings. The maximum absolute atomic E-state index is 12.1. The van der Waals surface area contributed by atoms with Crippen molar-refractivity contribution in [1.29, 1.82) is 0 Å². The molecule has 0 heterocycles. The van der Waals surface area contributed by atoms with Gasteiger partial charge in [0.15, 0.2) is 0 Å². The van der Waals surface area contributed by atoms with Crippen LogP contribution in [0.3, 0.4) is 0 Å². The van der Waals surface area contributed by atoms with E-state index in [0.717, 1.165) is 6.07 Å². The highest BCUT2D eigenvalue weighted by molar-refractivity contribution is 7.90. The van der Waals surface area contributed by atoms with Gasteiger partial charge in [0.05, 0.1) is 23.0 Å². The predicted octanol–water partition coefficient (Wildman–Crippen LogP) is -1.16. The summed E-state index contributed by atoms with van der Waals surface area (Å²) in [4.78, 5) is -0.341. The molecule has 0 unspecified atom stereocenters. The Bertz CT molecular complexity index is 669. The summed E-state index contributed by atoms with van der Waals surface area (Å²) >= 11 is 0. The van der Waals surface area contributed by atoms with Gasteiger partial charge >= 0.3 is 0 Å². The number of aliphatic hydroxyl groups excluding tert-OH is 2. The first-order chi connectivity index (χ1) is 10.2. The number of rotatable bonds is 8. The molecule has 10 heteroatoms. The lowest BCUT2D eigenvalue weighted by molar-refractivity contribution is 0.301. The van der Waals surface area contributed by atoms with E-state index in [1.54, 1.807) is 13.8 Å².